The van der Waals surface area contributed by atoms with Crippen molar-refractivity contribution in [1.82, 2.24) is 15.1 Å². The fourth-order valence-corrected chi connectivity index (χ4v) is 2.21. The molecule has 94 valence electrons. The van der Waals surface area contributed by atoms with Gasteiger partial charge in [0, 0.05) is 25.6 Å². The summed E-state index contributed by atoms with van der Waals surface area (Å²) < 4.78 is 0. The minimum atomic E-state index is 0.326. The minimum Gasteiger partial charge on any atom is -0.343 e. The van der Waals surface area contributed by atoms with Crippen molar-refractivity contribution in [3.8, 4) is 0 Å². The Balaban J connectivity index is 2.22. The van der Waals surface area contributed by atoms with Gasteiger partial charge in [-0.05, 0) is 47.0 Å². The van der Waals surface area contributed by atoms with E-state index in [1.165, 1.54) is 0 Å². The second kappa shape index (κ2) is 6.86. The Hall–Kier alpha value is -0.610. The van der Waals surface area contributed by atoms with E-state index in [-0.39, 0.29) is 0 Å². The van der Waals surface area contributed by atoms with Gasteiger partial charge >= 0.3 is 0 Å². The van der Waals surface area contributed by atoms with E-state index in [0.29, 0.717) is 18.4 Å². The van der Waals surface area contributed by atoms with Gasteiger partial charge in [0.25, 0.3) is 0 Å². The monoisotopic (exact) mass is 227 g/mol. The van der Waals surface area contributed by atoms with Crippen LogP contribution in [0.1, 0.15) is 25.7 Å². The average molecular weight is 227 g/mol. The fourth-order valence-electron chi connectivity index (χ4n) is 2.21. The number of nitrogens with zero attached hydrogens (tertiary/aromatic N) is 2. The van der Waals surface area contributed by atoms with Crippen LogP contribution in [0.5, 0.6) is 0 Å². The van der Waals surface area contributed by atoms with Crippen LogP contribution in [0.2, 0.25) is 0 Å². The number of amides is 1. The molecule has 0 atom stereocenters. The van der Waals surface area contributed by atoms with Gasteiger partial charge in [0.2, 0.25) is 5.91 Å². The predicted molar refractivity (Wildman–Crippen MR) is 66.4 cm³/mol. The molecule has 0 aromatic rings. The first-order valence-electron chi connectivity index (χ1n) is 6.24. The van der Waals surface area contributed by atoms with Crippen LogP contribution in [0.15, 0.2) is 0 Å². The molecule has 0 aromatic carbocycles. The van der Waals surface area contributed by atoms with E-state index in [4.69, 9.17) is 0 Å². The maximum Gasteiger partial charge on any atom is 0.222 e. The lowest BCUT2D eigenvalue weighted by Crippen LogP contribution is -2.44. The standard InChI is InChI=1S/C12H25N3O/c1-13-8-4-5-12(16)15-9-6-11(7-10-15)14(2)3/h11,13H,4-10H2,1-3H3. The Morgan fingerprint density at radius 3 is 2.50 bits per heavy atom. The predicted octanol–water partition coefficient (Wildman–Crippen LogP) is 0.539. The van der Waals surface area contributed by atoms with E-state index in [9.17, 15) is 4.79 Å². The van der Waals surface area contributed by atoms with Crippen LogP contribution < -0.4 is 5.32 Å². The average Bonchev–Trinajstić information content (AvgIpc) is 2.29. The van der Waals surface area contributed by atoms with E-state index in [0.717, 1.165) is 38.9 Å². The molecular formula is C12H25N3O. The SMILES string of the molecule is CNCCCC(=O)N1CCC(N(C)C)CC1. The van der Waals surface area contributed by atoms with Gasteiger partial charge in [-0.2, -0.15) is 0 Å². The van der Waals surface area contributed by atoms with Gasteiger partial charge in [-0.25, -0.2) is 0 Å². The maximum absolute atomic E-state index is 11.8. The number of hydrogen-bond donors (Lipinski definition) is 1. The van der Waals surface area contributed by atoms with Crippen molar-refractivity contribution in [2.24, 2.45) is 0 Å². The highest BCUT2D eigenvalue weighted by Crippen LogP contribution is 2.15. The summed E-state index contributed by atoms with van der Waals surface area (Å²) in [5.74, 6) is 0.326. The van der Waals surface area contributed by atoms with Gasteiger partial charge in [-0.15, -0.1) is 0 Å². The molecule has 0 unspecified atom stereocenters. The molecule has 0 spiro atoms. The molecule has 0 saturated carbocycles. The van der Waals surface area contributed by atoms with Crippen molar-refractivity contribution in [1.29, 1.82) is 0 Å². The van der Waals surface area contributed by atoms with Gasteiger partial charge < -0.3 is 15.1 Å². The van der Waals surface area contributed by atoms with Crippen LogP contribution in [0.4, 0.5) is 0 Å². The van der Waals surface area contributed by atoms with Crippen LogP contribution in [0, 0.1) is 0 Å². The number of rotatable bonds is 5. The van der Waals surface area contributed by atoms with Gasteiger partial charge in [-0.1, -0.05) is 0 Å². The van der Waals surface area contributed by atoms with Crippen LogP contribution in [-0.4, -0.2) is 62.5 Å². The molecule has 1 aliphatic rings. The number of likely N-dealkylation sites (tertiary alicyclic amines) is 1. The molecule has 1 saturated heterocycles. The van der Waals surface area contributed by atoms with E-state index in [1.807, 2.05) is 11.9 Å². The molecule has 1 fully saturated rings. The maximum atomic E-state index is 11.8. The Morgan fingerprint density at radius 1 is 1.38 bits per heavy atom. The van der Waals surface area contributed by atoms with Crippen molar-refractivity contribution in [3.63, 3.8) is 0 Å². The zero-order chi connectivity index (χ0) is 12.0. The lowest BCUT2D eigenvalue weighted by molar-refractivity contribution is -0.132. The summed E-state index contributed by atoms with van der Waals surface area (Å²) in [5, 5.41) is 3.07. The molecule has 4 heteroatoms. The van der Waals surface area contributed by atoms with Crippen molar-refractivity contribution in [3.05, 3.63) is 0 Å². The number of carbonyl (C=O) groups is 1. The van der Waals surface area contributed by atoms with Crippen LogP contribution in [0.3, 0.4) is 0 Å². The Morgan fingerprint density at radius 2 is 2.00 bits per heavy atom. The van der Waals surface area contributed by atoms with E-state index in [2.05, 4.69) is 24.3 Å². The van der Waals surface area contributed by atoms with Crippen LogP contribution >= 0.6 is 0 Å². The third-order valence-electron chi connectivity index (χ3n) is 3.36. The third kappa shape index (κ3) is 4.10. The first-order chi connectivity index (χ1) is 7.65. The van der Waals surface area contributed by atoms with Gasteiger partial charge in [0.05, 0.1) is 0 Å². The molecule has 0 radical (unpaired) electrons. The zero-order valence-corrected chi connectivity index (χ0v) is 10.8. The normalized spacial score (nSPS) is 18.1. The van der Waals surface area contributed by atoms with Crippen molar-refractivity contribution >= 4 is 5.91 Å². The topological polar surface area (TPSA) is 35.6 Å². The number of nitrogens with one attached hydrogen (secondary N) is 1. The molecule has 1 heterocycles. The second-order valence-electron chi connectivity index (χ2n) is 4.78. The summed E-state index contributed by atoms with van der Waals surface area (Å²) in [5.41, 5.74) is 0. The molecule has 0 aliphatic carbocycles. The molecular weight excluding hydrogens is 202 g/mol. The fraction of sp³-hybridized carbons (Fsp3) is 0.917. The Bertz CT molecular complexity index is 210. The molecule has 1 N–H and O–H groups in total. The minimum absolute atomic E-state index is 0.326. The summed E-state index contributed by atoms with van der Waals surface area (Å²) in [4.78, 5) is 16.1. The Labute approximate surface area is 99.0 Å². The number of hydrogen-bond acceptors (Lipinski definition) is 3. The summed E-state index contributed by atoms with van der Waals surface area (Å²) in [6, 6.07) is 0.654. The van der Waals surface area contributed by atoms with Crippen molar-refractivity contribution < 1.29 is 4.79 Å². The smallest absolute Gasteiger partial charge is 0.222 e. The van der Waals surface area contributed by atoms with Gasteiger partial charge in [-0.3, -0.25) is 4.79 Å². The molecule has 1 aliphatic heterocycles. The van der Waals surface area contributed by atoms with E-state index >= 15 is 0 Å². The van der Waals surface area contributed by atoms with Crippen molar-refractivity contribution in [2.45, 2.75) is 31.7 Å². The first-order valence-corrected chi connectivity index (χ1v) is 6.24. The van der Waals surface area contributed by atoms with Gasteiger partial charge in [0.15, 0.2) is 0 Å². The van der Waals surface area contributed by atoms with Crippen LogP contribution in [0.25, 0.3) is 0 Å². The van der Waals surface area contributed by atoms with Crippen LogP contribution in [-0.2, 0) is 4.79 Å². The molecule has 1 amide bonds. The summed E-state index contributed by atoms with van der Waals surface area (Å²) in [6.07, 6.45) is 3.87. The highest BCUT2D eigenvalue weighted by Gasteiger charge is 2.23. The molecule has 1 rings (SSSR count). The Kier molecular flexibility index (Phi) is 5.77. The number of piperidine rings is 1. The first kappa shape index (κ1) is 13.5. The largest absolute Gasteiger partial charge is 0.343 e. The van der Waals surface area contributed by atoms with Gasteiger partial charge in [0.1, 0.15) is 0 Å². The molecule has 4 nitrogen and oxygen atoms in total. The zero-order valence-electron chi connectivity index (χ0n) is 10.8. The summed E-state index contributed by atoms with van der Waals surface area (Å²) in [7, 11) is 6.16. The van der Waals surface area contributed by atoms with E-state index < -0.39 is 0 Å². The molecule has 0 aromatic heterocycles. The lowest BCUT2D eigenvalue weighted by atomic mass is 10.0. The lowest BCUT2D eigenvalue weighted by Gasteiger charge is -2.35. The third-order valence-corrected chi connectivity index (χ3v) is 3.36. The summed E-state index contributed by atoms with van der Waals surface area (Å²) in [6.45, 7) is 2.79. The number of carbonyl (C=O) groups excluding carboxylic acids is 1. The molecule has 16 heavy (non-hydrogen) atoms. The highest BCUT2D eigenvalue weighted by molar-refractivity contribution is 5.76. The highest BCUT2D eigenvalue weighted by atomic mass is 16.2. The summed E-state index contributed by atoms with van der Waals surface area (Å²) >= 11 is 0. The van der Waals surface area contributed by atoms with Crippen molar-refractivity contribution in [2.75, 3.05) is 40.8 Å². The molecule has 0 bridgehead atoms. The van der Waals surface area contributed by atoms with E-state index in [1.54, 1.807) is 0 Å². The quantitative estimate of drug-likeness (QED) is 0.696. The second-order valence-corrected chi connectivity index (χ2v) is 4.78.